The van der Waals surface area contributed by atoms with Gasteiger partial charge in [-0.05, 0) is 25.0 Å². The summed E-state index contributed by atoms with van der Waals surface area (Å²) in [5.41, 5.74) is 0.557. The SMILES string of the molecule is O=C(c1ccccc1Cl)N1CCN=C1N1CCN(C2CCC2)CC1. The first kappa shape index (κ1) is 15.9. The molecule has 1 saturated heterocycles. The van der Waals surface area contributed by atoms with Gasteiger partial charge in [0.1, 0.15) is 0 Å². The van der Waals surface area contributed by atoms with E-state index in [4.69, 9.17) is 11.6 Å². The van der Waals surface area contributed by atoms with Gasteiger partial charge in [0.25, 0.3) is 5.91 Å². The molecule has 0 bridgehead atoms. The van der Waals surface area contributed by atoms with Crippen molar-refractivity contribution in [2.45, 2.75) is 25.3 Å². The molecule has 1 amide bonds. The normalized spacial score (nSPS) is 22.5. The molecule has 2 aliphatic heterocycles. The molecule has 0 N–H and O–H groups in total. The number of rotatable bonds is 2. The highest BCUT2D eigenvalue weighted by atomic mass is 35.5. The molecule has 5 nitrogen and oxygen atoms in total. The molecule has 0 unspecified atom stereocenters. The molecular weight excluding hydrogens is 324 g/mol. The van der Waals surface area contributed by atoms with E-state index in [0.717, 1.165) is 38.2 Å². The van der Waals surface area contributed by atoms with Gasteiger partial charge in [0.05, 0.1) is 17.1 Å². The van der Waals surface area contributed by atoms with Crippen molar-refractivity contribution >= 4 is 23.5 Å². The quantitative estimate of drug-likeness (QED) is 0.825. The fourth-order valence-corrected chi connectivity index (χ4v) is 3.93. The van der Waals surface area contributed by atoms with Crippen LogP contribution >= 0.6 is 11.6 Å². The number of guanidine groups is 1. The first-order valence-corrected chi connectivity index (χ1v) is 9.21. The standard InChI is InChI=1S/C18H23ClN4O/c19-16-7-2-1-6-15(16)17(24)23-9-8-20-18(23)22-12-10-21(11-13-22)14-4-3-5-14/h1-2,6-7,14H,3-5,8-13H2. The lowest BCUT2D eigenvalue weighted by Crippen LogP contribution is -2.56. The van der Waals surface area contributed by atoms with Crippen molar-refractivity contribution in [3.63, 3.8) is 0 Å². The molecular formula is C18H23ClN4O. The Kier molecular flexibility index (Phi) is 4.46. The summed E-state index contributed by atoms with van der Waals surface area (Å²) in [4.78, 5) is 24.1. The highest BCUT2D eigenvalue weighted by Gasteiger charge is 2.33. The molecule has 1 aromatic rings. The Balaban J connectivity index is 1.43. The van der Waals surface area contributed by atoms with Crippen molar-refractivity contribution in [2.24, 2.45) is 4.99 Å². The molecule has 1 aliphatic carbocycles. The lowest BCUT2D eigenvalue weighted by Gasteiger charge is -2.44. The molecule has 2 fully saturated rings. The topological polar surface area (TPSA) is 39.2 Å². The second kappa shape index (κ2) is 6.73. The number of hydrogen-bond acceptors (Lipinski definition) is 4. The number of aliphatic imine (C=N–C) groups is 1. The molecule has 6 heteroatoms. The Hall–Kier alpha value is -1.59. The van der Waals surface area contributed by atoms with Crippen molar-refractivity contribution in [2.75, 3.05) is 39.3 Å². The van der Waals surface area contributed by atoms with E-state index in [9.17, 15) is 4.79 Å². The van der Waals surface area contributed by atoms with Gasteiger partial charge in [-0.3, -0.25) is 19.6 Å². The van der Waals surface area contributed by atoms with Crippen LogP contribution in [0.15, 0.2) is 29.3 Å². The predicted octanol–water partition coefficient (Wildman–Crippen LogP) is 2.32. The van der Waals surface area contributed by atoms with Crippen LogP contribution in [0.25, 0.3) is 0 Å². The Morgan fingerprint density at radius 2 is 1.83 bits per heavy atom. The van der Waals surface area contributed by atoms with Crippen LogP contribution < -0.4 is 0 Å². The smallest absolute Gasteiger partial charge is 0.262 e. The van der Waals surface area contributed by atoms with Crippen molar-refractivity contribution in [3.05, 3.63) is 34.9 Å². The summed E-state index contributed by atoms with van der Waals surface area (Å²) in [6, 6.07) is 8.04. The van der Waals surface area contributed by atoms with E-state index >= 15 is 0 Å². The van der Waals surface area contributed by atoms with E-state index in [-0.39, 0.29) is 5.91 Å². The molecule has 0 radical (unpaired) electrons. The Labute approximate surface area is 147 Å². The van der Waals surface area contributed by atoms with Gasteiger partial charge in [0, 0.05) is 38.8 Å². The number of carbonyl (C=O) groups excluding carboxylic acids is 1. The number of benzene rings is 1. The monoisotopic (exact) mass is 346 g/mol. The molecule has 1 saturated carbocycles. The molecule has 1 aromatic carbocycles. The molecule has 3 aliphatic rings. The van der Waals surface area contributed by atoms with Crippen molar-refractivity contribution in [1.82, 2.24) is 14.7 Å². The van der Waals surface area contributed by atoms with Gasteiger partial charge < -0.3 is 4.90 Å². The van der Waals surface area contributed by atoms with E-state index in [1.54, 1.807) is 17.0 Å². The van der Waals surface area contributed by atoms with Crippen molar-refractivity contribution < 1.29 is 4.79 Å². The zero-order chi connectivity index (χ0) is 16.5. The maximum atomic E-state index is 12.9. The summed E-state index contributed by atoms with van der Waals surface area (Å²) in [5, 5.41) is 0.503. The lowest BCUT2D eigenvalue weighted by atomic mass is 9.91. The van der Waals surface area contributed by atoms with E-state index in [0.29, 0.717) is 23.7 Å². The predicted molar refractivity (Wildman–Crippen MR) is 95.6 cm³/mol. The zero-order valence-electron chi connectivity index (χ0n) is 13.8. The third-order valence-electron chi connectivity index (χ3n) is 5.36. The summed E-state index contributed by atoms with van der Waals surface area (Å²) < 4.78 is 0. The first-order chi connectivity index (χ1) is 11.7. The average molecular weight is 347 g/mol. The van der Waals surface area contributed by atoms with Crippen LogP contribution in [-0.4, -0.2) is 71.9 Å². The second-order valence-electron chi connectivity index (χ2n) is 6.73. The molecule has 128 valence electrons. The minimum absolute atomic E-state index is 0.0433. The van der Waals surface area contributed by atoms with Crippen LogP contribution in [0.1, 0.15) is 29.6 Å². The van der Waals surface area contributed by atoms with Gasteiger partial charge in [0.2, 0.25) is 5.96 Å². The maximum absolute atomic E-state index is 12.9. The molecule has 24 heavy (non-hydrogen) atoms. The number of halogens is 1. The van der Waals surface area contributed by atoms with Crippen LogP contribution in [0.2, 0.25) is 5.02 Å². The van der Waals surface area contributed by atoms with Gasteiger partial charge in [-0.1, -0.05) is 30.2 Å². The van der Waals surface area contributed by atoms with E-state index in [1.165, 1.54) is 19.3 Å². The summed E-state index contributed by atoms with van der Waals surface area (Å²) in [5.74, 6) is 0.784. The molecule has 4 rings (SSSR count). The third kappa shape index (κ3) is 2.91. The summed E-state index contributed by atoms with van der Waals surface area (Å²) in [6.45, 7) is 5.34. The summed E-state index contributed by atoms with van der Waals surface area (Å²) >= 11 is 6.20. The van der Waals surface area contributed by atoms with Gasteiger partial charge >= 0.3 is 0 Å². The maximum Gasteiger partial charge on any atom is 0.262 e. The van der Waals surface area contributed by atoms with Crippen LogP contribution in [0.4, 0.5) is 0 Å². The minimum Gasteiger partial charge on any atom is -0.340 e. The van der Waals surface area contributed by atoms with Crippen LogP contribution in [0.3, 0.4) is 0 Å². The van der Waals surface area contributed by atoms with Gasteiger partial charge in [-0.15, -0.1) is 0 Å². The molecule has 2 heterocycles. The highest BCUT2D eigenvalue weighted by Crippen LogP contribution is 2.26. The highest BCUT2D eigenvalue weighted by molar-refractivity contribution is 6.34. The van der Waals surface area contributed by atoms with E-state index < -0.39 is 0 Å². The molecule has 0 atom stereocenters. The van der Waals surface area contributed by atoms with Gasteiger partial charge in [-0.25, -0.2) is 0 Å². The summed E-state index contributed by atoms with van der Waals surface area (Å²) in [6.07, 6.45) is 4.06. The fourth-order valence-electron chi connectivity index (χ4n) is 3.72. The Bertz CT molecular complexity index is 650. The average Bonchev–Trinajstić information content (AvgIpc) is 3.03. The number of piperazine rings is 1. The largest absolute Gasteiger partial charge is 0.340 e. The lowest BCUT2D eigenvalue weighted by molar-refractivity contribution is 0.0746. The Morgan fingerprint density at radius 3 is 2.50 bits per heavy atom. The molecule has 0 aromatic heterocycles. The van der Waals surface area contributed by atoms with Gasteiger partial charge in [0.15, 0.2) is 0 Å². The number of carbonyl (C=O) groups is 1. The third-order valence-corrected chi connectivity index (χ3v) is 5.69. The van der Waals surface area contributed by atoms with Crippen molar-refractivity contribution in [3.8, 4) is 0 Å². The molecule has 0 spiro atoms. The summed E-state index contributed by atoms with van der Waals surface area (Å²) in [7, 11) is 0. The van der Waals surface area contributed by atoms with E-state index in [2.05, 4.69) is 14.8 Å². The van der Waals surface area contributed by atoms with Crippen LogP contribution in [-0.2, 0) is 0 Å². The number of amides is 1. The second-order valence-corrected chi connectivity index (χ2v) is 7.13. The first-order valence-electron chi connectivity index (χ1n) is 8.84. The van der Waals surface area contributed by atoms with Crippen LogP contribution in [0.5, 0.6) is 0 Å². The number of nitrogens with zero attached hydrogens (tertiary/aromatic N) is 4. The fraction of sp³-hybridized carbons (Fsp3) is 0.556. The van der Waals surface area contributed by atoms with Gasteiger partial charge in [-0.2, -0.15) is 0 Å². The number of hydrogen-bond donors (Lipinski definition) is 0. The zero-order valence-corrected chi connectivity index (χ0v) is 14.6. The van der Waals surface area contributed by atoms with E-state index in [1.807, 2.05) is 12.1 Å². The minimum atomic E-state index is -0.0433. The Morgan fingerprint density at radius 1 is 1.08 bits per heavy atom. The van der Waals surface area contributed by atoms with Crippen molar-refractivity contribution in [1.29, 1.82) is 0 Å². The van der Waals surface area contributed by atoms with Crippen LogP contribution in [0, 0.1) is 0 Å².